The number of amides is 1. The molecule has 82 valence electrons. The van der Waals surface area contributed by atoms with Gasteiger partial charge in [-0.25, -0.2) is 0 Å². The number of nitrogens with zero attached hydrogens (tertiary/aromatic N) is 1. The van der Waals surface area contributed by atoms with Gasteiger partial charge in [-0.05, 0) is 25.7 Å². The molecular formula is C11H22N2O. The van der Waals surface area contributed by atoms with Crippen molar-refractivity contribution in [2.45, 2.75) is 39.7 Å². The van der Waals surface area contributed by atoms with E-state index in [1.807, 2.05) is 11.8 Å². The number of carbonyl (C=O) groups excluding carboxylic acids is 1. The summed E-state index contributed by atoms with van der Waals surface area (Å²) >= 11 is 0. The van der Waals surface area contributed by atoms with Gasteiger partial charge in [-0.2, -0.15) is 0 Å². The summed E-state index contributed by atoms with van der Waals surface area (Å²) in [6.07, 6.45) is 2.35. The minimum Gasteiger partial charge on any atom is -0.340 e. The van der Waals surface area contributed by atoms with Gasteiger partial charge in [0.1, 0.15) is 0 Å². The van der Waals surface area contributed by atoms with Gasteiger partial charge >= 0.3 is 0 Å². The molecule has 0 heterocycles. The summed E-state index contributed by atoms with van der Waals surface area (Å²) in [5, 5.41) is 0. The molecule has 0 aliphatic heterocycles. The summed E-state index contributed by atoms with van der Waals surface area (Å²) < 4.78 is 0. The molecule has 3 nitrogen and oxygen atoms in total. The molecular weight excluding hydrogens is 176 g/mol. The average Bonchev–Trinajstić information content (AvgIpc) is 2.90. The van der Waals surface area contributed by atoms with Gasteiger partial charge in [-0.1, -0.05) is 13.8 Å². The lowest BCUT2D eigenvalue weighted by Gasteiger charge is -2.27. The Hall–Kier alpha value is -0.570. The van der Waals surface area contributed by atoms with E-state index in [2.05, 4.69) is 13.8 Å². The highest BCUT2D eigenvalue weighted by molar-refractivity contribution is 5.80. The van der Waals surface area contributed by atoms with Crippen molar-refractivity contribution in [1.82, 2.24) is 4.90 Å². The molecule has 0 spiro atoms. The maximum atomic E-state index is 12.1. The van der Waals surface area contributed by atoms with Crippen LogP contribution in [0.5, 0.6) is 0 Å². The number of hydrogen-bond acceptors (Lipinski definition) is 2. The van der Waals surface area contributed by atoms with Gasteiger partial charge in [0.2, 0.25) is 5.91 Å². The van der Waals surface area contributed by atoms with Gasteiger partial charge in [-0.3, -0.25) is 4.79 Å². The molecule has 3 heteroatoms. The smallest absolute Gasteiger partial charge is 0.227 e. The molecule has 1 unspecified atom stereocenters. The standard InChI is InChI=1S/C11H22N2O/c1-4-13(9-5-6-9)11(14)10(7-12)8(2)3/h8-10H,4-7,12H2,1-3H3. The molecule has 14 heavy (non-hydrogen) atoms. The molecule has 0 saturated heterocycles. The number of rotatable bonds is 5. The van der Waals surface area contributed by atoms with Crippen LogP contribution >= 0.6 is 0 Å². The molecule has 0 aromatic carbocycles. The minimum atomic E-state index is 0.00977. The Balaban J connectivity index is 2.59. The van der Waals surface area contributed by atoms with E-state index >= 15 is 0 Å². The number of nitrogens with two attached hydrogens (primary N) is 1. The Morgan fingerprint density at radius 3 is 2.36 bits per heavy atom. The van der Waals surface area contributed by atoms with Crippen molar-refractivity contribution in [3.63, 3.8) is 0 Å². The maximum absolute atomic E-state index is 12.1. The second kappa shape index (κ2) is 4.78. The van der Waals surface area contributed by atoms with Crippen LogP contribution in [0.2, 0.25) is 0 Å². The molecule has 1 fully saturated rings. The zero-order chi connectivity index (χ0) is 10.7. The Labute approximate surface area is 86.6 Å². The number of hydrogen-bond donors (Lipinski definition) is 1. The zero-order valence-corrected chi connectivity index (χ0v) is 9.49. The lowest BCUT2D eigenvalue weighted by Crippen LogP contribution is -2.42. The van der Waals surface area contributed by atoms with Crippen LogP contribution < -0.4 is 5.73 Å². The van der Waals surface area contributed by atoms with Crippen LogP contribution in [-0.2, 0) is 4.79 Å². The van der Waals surface area contributed by atoms with Gasteiger partial charge in [0.05, 0.1) is 5.92 Å². The summed E-state index contributed by atoms with van der Waals surface area (Å²) in [6, 6.07) is 0.514. The second-order valence-electron chi connectivity index (χ2n) is 4.44. The van der Waals surface area contributed by atoms with Gasteiger partial charge in [0, 0.05) is 19.1 Å². The summed E-state index contributed by atoms with van der Waals surface area (Å²) in [4.78, 5) is 14.1. The van der Waals surface area contributed by atoms with Crippen LogP contribution in [0.3, 0.4) is 0 Å². The van der Waals surface area contributed by atoms with Crippen molar-refractivity contribution in [3.05, 3.63) is 0 Å². The first kappa shape index (κ1) is 11.5. The Morgan fingerprint density at radius 1 is 1.50 bits per heavy atom. The van der Waals surface area contributed by atoms with Crippen molar-refractivity contribution in [1.29, 1.82) is 0 Å². The Bertz CT molecular complexity index is 187. The average molecular weight is 198 g/mol. The lowest BCUT2D eigenvalue weighted by atomic mass is 9.94. The first-order valence-electron chi connectivity index (χ1n) is 5.62. The van der Waals surface area contributed by atoms with Gasteiger partial charge in [0.15, 0.2) is 0 Å². The predicted molar refractivity (Wildman–Crippen MR) is 57.8 cm³/mol. The first-order chi connectivity index (χ1) is 6.61. The largest absolute Gasteiger partial charge is 0.340 e. The molecule has 0 aromatic rings. The van der Waals surface area contributed by atoms with Crippen molar-refractivity contribution in [3.8, 4) is 0 Å². The van der Waals surface area contributed by atoms with E-state index in [0.717, 1.165) is 6.54 Å². The topological polar surface area (TPSA) is 46.3 Å². The van der Waals surface area contributed by atoms with E-state index in [1.165, 1.54) is 12.8 Å². The third kappa shape index (κ3) is 2.47. The molecule has 0 aromatic heterocycles. The van der Waals surface area contributed by atoms with Crippen LogP contribution in [0.15, 0.2) is 0 Å². The van der Waals surface area contributed by atoms with E-state index in [-0.39, 0.29) is 11.8 Å². The van der Waals surface area contributed by atoms with Crippen LogP contribution in [-0.4, -0.2) is 29.9 Å². The van der Waals surface area contributed by atoms with Crippen molar-refractivity contribution in [2.24, 2.45) is 17.6 Å². The van der Waals surface area contributed by atoms with Crippen molar-refractivity contribution >= 4 is 5.91 Å². The maximum Gasteiger partial charge on any atom is 0.227 e. The molecule has 2 N–H and O–H groups in total. The molecule has 1 rings (SSSR count). The van der Waals surface area contributed by atoms with Crippen LogP contribution in [0.1, 0.15) is 33.6 Å². The van der Waals surface area contributed by atoms with E-state index < -0.39 is 0 Å². The molecule has 1 amide bonds. The Kier molecular flexibility index (Phi) is 3.93. The summed E-state index contributed by atoms with van der Waals surface area (Å²) in [7, 11) is 0. The summed E-state index contributed by atoms with van der Waals surface area (Å²) in [5.41, 5.74) is 5.64. The fraction of sp³-hybridized carbons (Fsp3) is 0.909. The second-order valence-corrected chi connectivity index (χ2v) is 4.44. The molecule has 1 aliphatic rings. The summed E-state index contributed by atoms with van der Waals surface area (Å²) in [5.74, 6) is 0.614. The molecule has 1 atom stereocenters. The quantitative estimate of drug-likeness (QED) is 0.722. The lowest BCUT2D eigenvalue weighted by molar-refractivity contribution is -0.137. The highest BCUT2D eigenvalue weighted by Crippen LogP contribution is 2.28. The normalized spacial score (nSPS) is 18.4. The van der Waals surface area contributed by atoms with E-state index in [0.29, 0.717) is 18.5 Å². The fourth-order valence-electron chi connectivity index (χ4n) is 1.85. The van der Waals surface area contributed by atoms with Gasteiger partial charge in [0.25, 0.3) is 0 Å². The fourth-order valence-corrected chi connectivity index (χ4v) is 1.85. The minimum absolute atomic E-state index is 0.00977. The Morgan fingerprint density at radius 2 is 2.07 bits per heavy atom. The summed E-state index contributed by atoms with van der Waals surface area (Å²) in [6.45, 7) is 7.48. The van der Waals surface area contributed by atoms with Gasteiger partial charge in [-0.15, -0.1) is 0 Å². The van der Waals surface area contributed by atoms with Gasteiger partial charge < -0.3 is 10.6 Å². The third-order valence-corrected chi connectivity index (χ3v) is 2.99. The molecule has 1 saturated carbocycles. The number of carbonyl (C=O) groups is 1. The van der Waals surface area contributed by atoms with E-state index in [9.17, 15) is 4.79 Å². The van der Waals surface area contributed by atoms with Crippen LogP contribution in [0.4, 0.5) is 0 Å². The molecule has 0 radical (unpaired) electrons. The third-order valence-electron chi connectivity index (χ3n) is 2.99. The predicted octanol–water partition coefficient (Wildman–Crippen LogP) is 1.23. The van der Waals surface area contributed by atoms with Crippen molar-refractivity contribution < 1.29 is 4.79 Å². The molecule has 1 aliphatic carbocycles. The first-order valence-corrected chi connectivity index (χ1v) is 5.62. The molecule has 0 bridgehead atoms. The highest BCUT2D eigenvalue weighted by atomic mass is 16.2. The van der Waals surface area contributed by atoms with E-state index in [4.69, 9.17) is 5.73 Å². The SMILES string of the molecule is CCN(C(=O)C(CN)C(C)C)C1CC1. The zero-order valence-electron chi connectivity index (χ0n) is 9.49. The van der Waals surface area contributed by atoms with Crippen LogP contribution in [0.25, 0.3) is 0 Å². The van der Waals surface area contributed by atoms with Crippen molar-refractivity contribution in [2.75, 3.05) is 13.1 Å². The van der Waals surface area contributed by atoms with Crippen LogP contribution in [0, 0.1) is 11.8 Å². The van der Waals surface area contributed by atoms with E-state index in [1.54, 1.807) is 0 Å². The monoisotopic (exact) mass is 198 g/mol. The highest BCUT2D eigenvalue weighted by Gasteiger charge is 2.35.